The summed E-state index contributed by atoms with van der Waals surface area (Å²) in [7, 11) is -3.34. The van der Waals surface area contributed by atoms with E-state index in [0.29, 0.717) is 0 Å². The molecule has 0 aromatic rings. The summed E-state index contributed by atoms with van der Waals surface area (Å²) in [6.45, 7) is 2.24. The summed E-state index contributed by atoms with van der Waals surface area (Å²) >= 11 is 5.24. The molecule has 0 saturated carbocycles. The van der Waals surface area contributed by atoms with Crippen LogP contribution < -0.4 is 0 Å². The van der Waals surface area contributed by atoms with Crippen LogP contribution in [0.25, 0.3) is 0 Å². The van der Waals surface area contributed by atoms with Crippen LogP contribution in [0.5, 0.6) is 0 Å². The van der Waals surface area contributed by atoms with E-state index in [0.717, 1.165) is 12.8 Å². The zero-order chi connectivity index (χ0) is 8.74. The maximum Gasteiger partial charge on any atom is 0.268 e. The third kappa shape index (κ3) is 6.59. The van der Waals surface area contributed by atoms with Crippen molar-refractivity contribution in [2.24, 2.45) is 0 Å². The molecule has 0 aliphatic carbocycles. The smallest absolute Gasteiger partial charge is 0.268 e. The zero-order valence-electron chi connectivity index (χ0n) is 6.55. The van der Waals surface area contributed by atoms with Crippen molar-refractivity contribution < 1.29 is 12.6 Å². The van der Waals surface area contributed by atoms with Crippen LogP contribution in [-0.4, -0.2) is 26.7 Å². The van der Waals surface area contributed by atoms with Gasteiger partial charge >= 0.3 is 0 Å². The predicted octanol–water partition coefficient (Wildman–Crippen LogP) is 1.37. The molecule has 5 heteroatoms. The monoisotopic (exact) mass is 200 g/mol. The molecule has 0 aromatic carbocycles. The number of hydrogen-bond donors (Lipinski definition) is 0. The highest BCUT2D eigenvalue weighted by Crippen LogP contribution is 1.97. The van der Waals surface area contributed by atoms with E-state index < -0.39 is 10.1 Å². The second-order valence-corrected chi connectivity index (χ2v) is 4.26. The molecule has 0 amide bonds. The van der Waals surface area contributed by atoms with Crippen molar-refractivity contribution in [1.29, 1.82) is 0 Å². The number of hydrogen-bond acceptors (Lipinski definition) is 3. The summed E-state index contributed by atoms with van der Waals surface area (Å²) in [6.07, 6.45) is 1.69. The summed E-state index contributed by atoms with van der Waals surface area (Å²) in [5, 5.41) is 0. The molecule has 11 heavy (non-hydrogen) atoms. The summed E-state index contributed by atoms with van der Waals surface area (Å²) in [5.41, 5.74) is 0. The predicted molar refractivity (Wildman–Crippen MR) is 45.4 cm³/mol. The normalized spacial score (nSPS) is 11.8. The molecule has 3 nitrogen and oxygen atoms in total. The van der Waals surface area contributed by atoms with Crippen molar-refractivity contribution in [2.75, 3.05) is 18.2 Å². The van der Waals surface area contributed by atoms with Crippen LogP contribution in [0.4, 0.5) is 0 Å². The quantitative estimate of drug-likeness (QED) is 0.370. The minimum absolute atomic E-state index is 0.0917. The molecule has 0 bridgehead atoms. The zero-order valence-corrected chi connectivity index (χ0v) is 8.12. The Morgan fingerprint density at radius 3 is 2.55 bits per heavy atom. The van der Waals surface area contributed by atoms with Crippen LogP contribution in [0.15, 0.2) is 0 Å². The molecule has 0 spiro atoms. The van der Waals surface area contributed by atoms with Crippen LogP contribution in [0, 0.1) is 0 Å². The largest absolute Gasteiger partial charge is 0.270 e. The van der Waals surface area contributed by atoms with E-state index in [4.69, 9.17) is 11.6 Å². The highest BCUT2D eigenvalue weighted by atomic mass is 35.5. The van der Waals surface area contributed by atoms with Crippen molar-refractivity contribution in [1.82, 2.24) is 0 Å². The molecule has 0 radical (unpaired) electrons. The second-order valence-electron chi connectivity index (χ2n) is 2.13. The second kappa shape index (κ2) is 5.80. The topological polar surface area (TPSA) is 43.4 Å². The van der Waals surface area contributed by atoms with Crippen LogP contribution in [0.2, 0.25) is 0 Å². The van der Waals surface area contributed by atoms with Crippen molar-refractivity contribution in [2.45, 2.75) is 19.8 Å². The average Bonchev–Trinajstić information content (AvgIpc) is 1.87. The summed E-state index contributed by atoms with van der Waals surface area (Å²) < 4.78 is 26.2. The molecule has 0 fully saturated rings. The summed E-state index contributed by atoms with van der Waals surface area (Å²) in [6, 6.07) is 0. The molecule has 0 saturated heterocycles. The maximum absolute atomic E-state index is 10.8. The Bertz CT molecular complexity index is 176. The molecule has 0 aliphatic rings. The lowest BCUT2D eigenvalue weighted by Gasteiger charge is -2.01. The van der Waals surface area contributed by atoms with E-state index in [1.165, 1.54) is 0 Å². The minimum atomic E-state index is -3.34. The van der Waals surface area contributed by atoms with Crippen molar-refractivity contribution in [3.63, 3.8) is 0 Å². The molecule has 0 unspecified atom stereocenters. The molecule has 0 rings (SSSR count). The van der Waals surface area contributed by atoms with Gasteiger partial charge in [-0.15, -0.1) is 11.6 Å². The SMILES string of the molecule is CCCCOS(=O)(=O)CCCl. The molecule has 0 aromatic heterocycles. The molecule has 0 heterocycles. The lowest BCUT2D eigenvalue weighted by atomic mass is 10.4. The third-order valence-electron chi connectivity index (χ3n) is 1.09. The fourth-order valence-corrected chi connectivity index (χ4v) is 1.73. The maximum atomic E-state index is 10.8. The summed E-state index contributed by atoms with van der Waals surface area (Å²) in [5.74, 6) is -0.00721. The van der Waals surface area contributed by atoms with Gasteiger partial charge in [0.2, 0.25) is 0 Å². The minimum Gasteiger partial charge on any atom is -0.270 e. The van der Waals surface area contributed by atoms with Crippen LogP contribution in [-0.2, 0) is 14.3 Å². The Morgan fingerprint density at radius 1 is 1.45 bits per heavy atom. The van der Waals surface area contributed by atoms with Gasteiger partial charge in [-0.1, -0.05) is 13.3 Å². The Kier molecular flexibility index (Phi) is 5.91. The van der Waals surface area contributed by atoms with Crippen molar-refractivity contribution in [3.8, 4) is 0 Å². The van der Waals surface area contributed by atoms with Crippen LogP contribution in [0.1, 0.15) is 19.8 Å². The molecule has 0 N–H and O–H groups in total. The summed E-state index contributed by atoms with van der Waals surface area (Å²) in [4.78, 5) is 0. The number of halogens is 1. The van der Waals surface area contributed by atoms with Crippen LogP contribution >= 0.6 is 11.6 Å². The van der Waals surface area contributed by atoms with Gasteiger partial charge in [-0.05, 0) is 6.42 Å². The Hall–Kier alpha value is 0.200. The van der Waals surface area contributed by atoms with Crippen molar-refractivity contribution >= 4 is 21.7 Å². The van der Waals surface area contributed by atoms with E-state index >= 15 is 0 Å². The van der Waals surface area contributed by atoms with Crippen LogP contribution in [0.3, 0.4) is 0 Å². The number of alkyl halides is 1. The first-order valence-electron chi connectivity index (χ1n) is 3.55. The Balaban J connectivity index is 3.56. The van der Waals surface area contributed by atoms with Crippen molar-refractivity contribution in [3.05, 3.63) is 0 Å². The lowest BCUT2D eigenvalue weighted by molar-refractivity contribution is 0.312. The number of unbranched alkanes of at least 4 members (excludes halogenated alkanes) is 1. The first-order valence-corrected chi connectivity index (χ1v) is 5.66. The van der Waals surface area contributed by atoms with E-state index in [2.05, 4.69) is 4.18 Å². The standard InChI is InChI=1S/C6H13ClO3S/c1-2-3-5-10-11(8,9)6-4-7/h2-6H2,1H3. The Labute approximate surface area is 72.8 Å². The van der Waals surface area contributed by atoms with Gasteiger partial charge in [-0.2, -0.15) is 8.42 Å². The Morgan fingerprint density at radius 2 is 2.09 bits per heavy atom. The molecule has 0 atom stereocenters. The van der Waals surface area contributed by atoms with Gasteiger partial charge in [-0.25, -0.2) is 0 Å². The number of rotatable bonds is 6. The molecular weight excluding hydrogens is 188 g/mol. The lowest BCUT2D eigenvalue weighted by Crippen LogP contribution is -2.12. The fourth-order valence-electron chi connectivity index (χ4n) is 0.484. The van der Waals surface area contributed by atoms with Gasteiger partial charge in [-0.3, -0.25) is 4.18 Å². The van der Waals surface area contributed by atoms with Gasteiger partial charge in [0.1, 0.15) is 0 Å². The molecule has 68 valence electrons. The first kappa shape index (κ1) is 11.2. The third-order valence-corrected chi connectivity index (χ3v) is 2.73. The first-order chi connectivity index (χ1) is 5.12. The average molecular weight is 201 g/mol. The van der Waals surface area contributed by atoms with Gasteiger partial charge in [0, 0.05) is 5.88 Å². The van der Waals surface area contributed by atoms with E-state index in [9.17, 15) is 8.42 Å². The van der Waals surface area contributed by atoms with E-state index in [1.807, 2.05) is 6.92 Å². The van der Waals surface area contributed by atoms with Gasteiger partial charge in [0.25, 0.3) is 10.1 Å². The van der Waals surface area contributed by atoms with E-state index in [-0.39, 0.29) is 18.2 Å². The van der Waals surface area contributed by atoms with E-state index in [1.54, 1.807) is 0 Å². The fraction of sp³-hybridized carbons (Fsp3) is 1.00. The molecule has 0 aliphatic heterocycles. The van der Waals surface area contributed by atoms with Gasteiger partial charge in [0.05, 0.1) is 12.4 Å². The molecular formula is C6H13ClO3S. The highest BCUT2D eigenvalue weighted by Gasteiger charge is 2.08. The van der Waals surface area contributed by atoms with Gasteiger partial charge < -0.3 is 0 Å². The van der Waals surface area contributed by atoms with Gasteiger partial charge in [0.15, 0.2) is 0 Å². The highest BCUT2D eigenvalue weighted by molar-refractivity contribution is 7.86.